The molecule has 0 amide bonds. The minimum absolute atomic E-state index is 0.244. The molecule has 1 saturated heterocycles. The second kappa shape index (κ2) is 4.81. The van der Waals surface area contributed by atoms with Crippen molar-refractivity contribution >= 4 is 0 Å². The molecule has 1 unspecified atom stereocenters. The Balaban J connectivity index is 1.77. The van der Waals surface area contributed by atoms with Gasteiger partial charge in [0, 0.05) is 13.1 Å². The number of aliphatic hydroxyl groups is 1. The van der Waals surface area contributed by atoms with E-state index in [1.165, 1.54) is 38.5 Å². The van der Waals surface area contributed by atoms with Gasteiger partial charge in [-0.05, 0) is 32.7 Å². The molecule has 3 nitrogen and oxygen atoms in total. The van der Waals surface area contributed by atoms with Crippen LogP contribution in [0.15, 0.2) is 0 Å². The Morgan fingerprint density at radius 3 is 2.73 bits per heavy atom. The van der Waals surface area contributed by atoms with Gasteiger partial charge in [-0.2, -0.15) is 0 Å². The Morgan fingerprint density at radius 2 is 2.07 bits per heavy atom. The van der Waals surface area contributed by atoms with Gasteiger partial charge in [0.25, 0.3) is 0 Å². The van der Waals surface area contributed by atoms with Crippen molar-refractivity contribution in [3.8, 4) is 0 Å². The molecular weight excluding hydrogens is 190 g/mol. The predicted octanol–water partition coefficient (Wildman–Crippen LogP) is 1.40. The monoisotopic (exact) mass is 213 g/mol. The van der Waals surface area contributed by atoms with E-state index < -0.39 is 0 Å². The average molecular weight is 213 g/mol. The van der Waals surface area contributed by atoms with E-state index in [1.807, 2.05) is 0 Å². The van der Waals surface area contributed by atoms with Crippen molar-refractivity contribution in [3.63, 3.8) is 0 Å². The number of likely N-dealkylation sites (N-methyl/N-ethyl adjacent to an activating group) is 1. The summed E-state index contributed by atoms with van der Waals surface area (Å²) in [6, 6.07) is 0. The predicted molar refractivity (Wildman–Crippen MR) is 59.9 cm³/mol. The highest BCUT2D eigenvalue weighted by Crippen LogP contribution is 2.43. The van der Waals surface area contributed by atoms with Gasteiger partial charge in [-0.3, -0.25) is 0 Å². The molecule has 3 heteroatoms. The lowest BCUT2D eigenvalue weighted by atomic mass is 9.98. The molecule has 2 rings (SSSR count). The van der Waals surface area contributed by atoms with Gasteiger partial charge in [-0.15, -0.1) is 0 Å². The zero-order valence-electron chi connectivity index (χ0n) is 9.74. The van der Waals surface area contributed by atoms with Gasteiger partial charge in [0.15, 0.2) is 0 Å². The fourth-order valence-corrected chi connectivity index (χ4v) is 3.02. The summed E-state index contributed by atoms with van der Waals surface area (Å²) < 4.78 is 6.20. The lowest BCUT2D eigenvalue weighted by Gasteiger charge is -2.25. The summed E-state index contributed by atoms with van der Waals surface area (Å²) in [6.07, 6.45) is 8.10. The standard InChI is InChI=1S/C12H23NO2/c1-13(8-9-14)10-11-4-7-12(15-11)5-2-3-6-12/h11,14H,2-10H2,1H3. The van der Waals surface area contributed by atoms with Crippen molar-refractivity contribution in [1.29, 1.82) is 0 Å². The topological polar surface area (TPSA) is 32.7 Å². The summed E-state index contributed by atoms with van der Waals surface area (Å²) >= 11 is 0. The molecule has 0 aromatic carbocycles. The number of nitrogens with zero attached hydrogens (tertiary/aromatic N) is 1. The van der Waals surface area contributed by atoms with Gasteiger partial charge >= 0.3 is 0 Å². The summed E-state index contributed by atoms with van der Waals surface area (Å²) in [5.74, 6) is 0. The molecule has 1 aliphatic heterocycles. The first kappa shape index (κ1) is 11.4. The molecule has 1 atom stereocenters. The number of hydrogen-bond acceptors (Lipinski definition) is 3. The summed E-state index contributed by atoms with van der Waals surface area (Å²) in [6.45, 7) is 1.98. The Bertz CT molecular complexity index is 202. The highest BCUT2D eigenvalue weighted by Gasteiger charge is 2.42. The summed E-state index contributed by atoms with van der Waals surface area (Å²) in [5, 5.41) is 8.83. The first-order valence-electron chi connectivity index (χ1n) is 6.21. The SMILES string of the molecule is CN(CCO)CC1CCC2(CCCC2)O1. The molecule has 2 fully saturated rings. The fourth-order valence-electron chi connectivity index (χ4n) is 3.02. The van der Waals surface area contributed by atoms with E-state index in [1.54, 1.807) is 0 Å². The first-order valence-corrected chi connectivity index (χ1v) is 6.21. The lowest BCUT2D eigenvalue weighted by Crippen LogP contribution is -2.33. The highest BCUT2D eigenvalue weighted by atomic mass is 16.5. The Morgan fingerprint density at radius 1 is 1.33 bits per heavy atom. The van der Waals surface area contributed by atoms with E-state index in [0.29, 0.717) is 6.10 Å². The molecule has 1 saturated carbocycles. The van der Waals surface area contributed by atoms with Crippen molar-refractivity contribution in [3.05, 3.63) is 0 Å². The van der Waals surface area contributed by atoms with Crippen LogP contribution in [-0.2, 0) is 4.74 Å². The van der Waals surface area contributed by atoms with Crippen molar-refractivity contribution in [2.75, 3.05) is 26.7 Å². The second-order valence-corrected chi connectivity index (χ2v) is 5.15. The van der Waals surface area contributed by atoms with Crippen LogP contribution in [0.3, 0.4) is 0 Å². The van der Waals surface area contributed by atoms with Crippen LogP contribution in [0.4, 0.5) is 0 Å². The Hall–Kier alpha value is -0.120. The molecule has 88 valence electrons. The normalized spacial score (nSPS) is 29.4. The third-order valence-corrected chi connectivity index (χ3v) is 3.85. The molecule has 15 heavy (non-hydrogen) atoms. The Kier molecular flexibility index (Phi) is 3.65. The summed E-state index contributed by atoms with van der Waals surface area (Å²) in [5.41, 5.74) is 0.255. The van der Waals surface area contributed by atoms with Crippen molar-refractivity contribution in [2.45, 2.75) is 50.2 Å². The smallest absolute Gasteiger partial charge is 0.0710 e. The maximum absolute atomic E-state index is 8.83. The van der Waals surface area contributed by atoms with Gasteiger partial charge in [0.2, 0.25) is 0 Å². The van der Waals surface area contributed by atoms with E-state index in [4.69, 9.17) is 9.84 Å². The van der Waals surface area contributed by atoms with Crippen LogP contribution in [0.2, 0.25) is 0 Å². The zero-order valence-corrected chi connectivity index (χ0v) is 9.74. The van der Waals surface area contributed by atoms with Crippen molar-refractivity contribution in [2.24, 2.45) is 0 Å². The van der Waals surface area contributed by atoms with Crippen LogP contribution in [0.1, 0.15) is 38.5 Å². The van der Waals surface area contributed by atoms with Crippen LogP contribution >= 0.6 is 0 Å². The van der Waals surface area contributed by atoms with Crippen LogP contribution in [0, 0.1) is 0 Å². The molecular formula is C12H23NO2. The van der Waals surface area contributed by atoms with Crippen LogP contribution in [-0.4, -0.2) is 48.5 Å². The molecule has 0 radical (unpaired) electrons. The zero-order chi connectivity index (χ0) is 10.7. The lowest BCUT2D eigenvalue weighted by molar-refractivity contribution is -0.0458. The molecule has 0 aromatic heterocycles. The number of rotatable bonds is 4. The third-order valence-electron chi connectivity index (χ3n) is 3.85. The molecule has 1 spiro atoms. The van der Waals surface area contributed by atoms with Crippen LogP contribution < -0.4 is 0 Å². The summed E-state index contributed by atoms with van der Waals surface area (Å²) in [4.78, 5) is 2.17. The van der Waals surface area contributed by atoms with Crippen molar-refractivity contribution in [1.82, 2.24) is 4.90 Å². The fraction of sp³-hybridized carbons (Fsp3) is 1.00. The largest absolute Gasteiger partial charge is 0.395 e. The molecule has 0 aromatic rings. The van der Waals surface area contributed by atoms with Gasteiger partial charge in [-0.1, -0.05) is 12.8 Å². The van der Waals surface area contributed by atoms with Crippen molar-refractivity contribution < 1.29 is 9.84 Å². The third kappa shape index (κ3) is 2.71. The van der Waals surface area contributed by atoms with E-state index in [0.717, 1.165) is 13.1 Å². The first-order chi connectivity index (χ1) is 7.24. The van der Waals surface area contributed by atoms with Gasteiger partial charge in [0.1, 0.15) is 0 Å². The number of aliphatic hydroxyl groups excluding tert-OH is 1. The number of hydrogen-bond donors (Lipinski definition) is 1. The van der Waals surface area contributed by atoms with E-state index in [-0.39, 0.29) is 12.2 Å². The average Bonchev–Trinajstić information content (AvgIpc) is 2.79. The van der Waals surface area contributed by atoms with E-state index in [2.05, 4.69) is 11.9 Å². The minimum Gasteiger partial charge on any atom is -0.395 e. The number of ether oxygens (including phenoxy) is 1. The maximum Gasteiger partial charge on any atom is 0.0710 e. The van der Waals surface area contributed by atoms with Gasteiger partial charge in [0.05, 0.1) is 18.3 Å². The molecule has 1 N–H and O–H groups in total. The highest BCUT2D eigenvalue weighted by molar-refractivity contribution is 4.93. The quantitative estimate of drug-likeness (QED) is 0.766. The Labute approximate surface area is 92.4 Å². The van der Waals surface area contributed by atoms with Crippen LogP contribution in [0.25, 0.3) is 0 Å². The molecule has 0 bridgehead atoms. The minimum atomic E-state index is 0.244. The molecule has 1 aliphatic carbocycles. The maximum atomic E-state index is 8.83. The van der Waals surface area contributed by atoms with Gasteiger partial charge < -0.3 is 14.7 Å². The van der Waals surface area contributed by atoms with E-state index in [9.17, 15) is 0 Å². The molecule has 1 heterocycles. The van der Waals surface area contributed by atoms with E-state index >= 15 is 0 Å². The summed E-state index contributed by atoms with van der Waals surface area (Å²) in [7, 11) is 2.05. The van der Waals surface area contributed by atoms with Crippen LogP contribution in [0.5, 0.6) is 0 Å². The van der Waals surface area contributed by atoms with Gasteiger partial charge in [-0.25, -0.2) is 0 Å². The second-order valence-electron chi connectivity index (χ2n) is 5.15. The molecule has 2 aliphatic rings.